The maximum absolute atomic E-state index is 12.9. The van der Waals surface area contributed by atoms with Crippen molar-refractivity contribution in [2.75, 3.05) is 19.6 Å². The number of rotatable bonds is 5. The van der Waals surface area contributed by atoms with Crippen LogP contribution in [0.25, 0.3) is 0 Å². The third kappa shape index (κ3) is 3.57. The summed E-state index contributed by atoms with van der Waals surface area (Å²) in [5, 5.41) is 18.2. The topological polar surface area (TPSA) is 117 Å². The Morgan fingerprint density at radius 1 is 1.34 bits per heavy atom. The largest absolute Gasteiger partial charge is 0.333 e. The summed E-state index contributed by atoms with van der Waals surface area (Å²) in [7, 11) is 0. The van der Waals surface area contributed by atoms with Crippen LogP contribution in [0.1, 0.15) is 30.4 Å². The van der Waals surface area contributed by atoms with Crippen LogP contribution >= 0.6 is 0 Å². The molecular formula is C21H24N6O2. The first-order valence-electron chi connectivity index (χ1n) is 10.0. The highest BCUT2D eigenvalue weighted by Gasteiger charge is 2.50. The van der Waals surface area contributed by atoms with Gasteiger partial charge in [0, 0.05) is 32.2 Å². The van der Waals surface area contributed by atoms with Crippen LogP contribution in [0.3, 0.4) is 0 Å². The Balaban J connectivity index is 1.36. The Kier molecular flexibility index (Phi) is 5.23. The van der Waals surface area contributed by atoms with Crippen LogP contribution in [0.2, 0.25) is 0 Å². The highest BCUT2D eigenvalue weighted by Crippen LogP contribution is 2.33. The average Bonchev–Trinajstić information content (AvgIpc) is 3.44. The zero-order valence-electron chi connectivity index (χ0n) is 16.2. The van der Waals surface area contributed by atoms with Crippen molar-refractivity contribution >= 4 is 11.8 Å². The van der Waals surface area contributed by atoms with E-state index in [1.54, 1.807) is 11.0 Å². The number of nitriles is 2. The third-order valence-corrected chi connectivity index (χ3v) is 6.23. The molecule has 0 spiro atoms. The van der Waals surface area contributed by atoms with Crippen molar-refractivity contribution in [1.82, 2.24) is 14.7 Å². The summed E-state index contributed by atoms with van der Waals surface area (Å²) in [6, 6.07) is 10.4. The van der Waals surface area contributed by atoms with E-state index in [9.17, 15) is 14.9 Å². The molecule has 29 heavy (non-hydrogen) atoms. The lowest BCUT2D eigenvalue weighted by Gasteiger charge is -2.35. The standard InChI is InChI=1S/C21H24N6O2/c22-9-14-3-1-4-15(7-14)11-27-17-8-19(21(27)29)25(12-17)13-18(24)20(28)26-6-2-5-16(26)10-23/h1,3-4,7,16-19H,2,5-6,8,11-13,24H2/t16-,17?,18?,19?/m0/s1. The molecule has 3 fully saturated rings. The third-order valence-electron chi connectivity index (χ3n) is 6.23. The first-order valence-corrected chi connectivity index (χ1v) is 10.0. The van der Waals surface area contributed by atoms with Crippen LogP contribution in [0.5, 0.6) is 0 Å². The molecule has 2 bridgehead atoms. The fourth-order valence-electron chi connectivity index (χ4n) is 4.79. The highest BCUT2D eigenvalue weighted by molar-refractivity contribution is 5.86. The molecule has 4 atom stereocenters. The number of nitrogens with two attached hydrogens (primary N) is 1. The molecule has 3 saturated heterocycles. The van der Waals surface area contributed by atoms with E-state index >= 15 is 0 Å². The van der Waals surface area contributed by atoms with E-state index in [2.05, 4.69) is 12.1 Å². The van der Waals surface area contributed by atoms with Crippen LogP contribution < -0.4 is 5.73 Å². The minimum atomic E-state index is -0.725. The van der Waals surface area contributed by atoms with Gasteiger partial charge in [0.25, 0.3) is 0 Å². The second-order valence-corrected chi connectivity index (χ2v) is 8.06. The number of fused-ring (bicyclic) bond motifs is 2. The van der Waals surface area contributed by atoms with Gasteiger partial charge in [-0.15, -0.1) is 0 Å². The predicted molar refractivity (Wildman–Crippen MR) is 104 cm³/mol. The van der Waals surface area contributed by atoms with Gasteiger partial charge in [-0.3, -0.25) is 14.5 Å². The minimum absolute atomic E-state index is 0.0549. The van der Waals surface area contributed by atoms with E-state index in [1.165, 1.54) is 0 Å². The molecule has 2 amide bonds. The number of piperazine rings is 1. The molecule has 4 rings (SSSR count). The average molecular weight is 392 g/mol. The number of hydrogen-bond donors (Lipinski definition) is 1. The SMILES string of the molecule is N#Cc1cccc(CN2C(=O)C3CC2CN3CC(N)C(=O)N2CCC[C@H]2C#N)c1. The molecule has 0 radical (unpaired) electrons. The van der Waals surface area contributed by atoms with Crippen molar-refractivity contribution in [3.63, 3.8) is 0 Å². The lowest BCUT2D eigenvalue weighted by molar-refractivity contribution is -0.139. The van der Waals surface area contributed by atoms with Gasteiger partial charge in [0.05, 0.1) is 29.8 Å². The molecule has 2 N–H and O–H groups in total. The van der Waals surface area contributed by atoms with E-state index in [4.69, 9.17) is 11.0 Å². The van der Waals surface area contributed by atoms with Crippen molar-refractivity contribution in [1.29, 1.82) is 10.5 Å². The first-order chi connectivity index (χ1) is 14.0. The van der Waals surface area contributed by atoms with Crippen LogP contribution in [-0.4, -0.2) is 70.3 Å². The fourth-order valence-corrected chi connectivity index (χ4v) is 4.79. The van der Waals surface area contributed by atoms with Gasteiger partial charge in [0.1, 0.15) is 6.04 Å². The van der Waals surface area contributed by atoms with Crippen LogP contribution in [0.15, 0.2) is 24.3 Å². The summed E-state index contributed by atoms with van der Waals surface area (Å²) in [5.41, 5.74) is 7.69. The number of likely N-dealkylation sites (tertiary alicyclic amines) is 3. The summed E-state index contributed by atoms with van der Waals surface area (Å²) in [4.78, 5) is 31.0. The summed E-state index contributed by atoms with van der Waals surface area (Å²) in [6.07, 6.45) is 2.26. The van der Waals surface area contributed by atoms with Crippen molar-refractivity contribution in [2.24, 2.45) is 5.73 Å². The summed E-state index contributed by atoms with van der Waals surface area (Å²) < 4.78 is 0. The Labute approximate surface area is 170 Å². The van der Waals surface area contributed by atoms with Gasteiger partial charge >= 0.3 is 0 Å². The molecule has 3 aliphatic heterocycles. The Morgan fingerprint density at radius 2 is 2.17 bits per heavy atom. The molecule has 0 aliphatic carbocycles. The van der Waals surface area contributed by atoms with Crippen molar-refractivity contribution in [3.05, 3.63) is 35.4 Å². The van der Waals surface area contributed by atoms with Crippen LogP contribution in [-0.2, 0) is 16.1 Å². The number of carbonyl (C=O) groups is 2. The van der Waals surface area contributed by atoms with Gasteiger partial charge in [-0.05, 0) is 37.0 Å². The smallest absolute Gasteiger partial charge is 0.241 e. The molecular weight excluding hydrogens is 368 g/mol. The molecule has 3 heterocycles. The first kappa shape index (κ1) is 19.4. The zero-order valence-corrected chi connectivity index (χ0v) is 16.2. The summed E-state index contributed by atoms with van der Waals surface area (Å²) in [5.74, 6) is -0.145. The fraction of sp³-hybridized carbons (Fsp3) is 0.524. The normalized spacial score (nSPS) is 27.1. The number of amides is 2. The van der Waals surface area contributed by atoms with Crippen molar-refractivity contribution < 1.29 is 9.59 Å². The van der Waals surface area contributed by atoms with E-state index < -0.39 is 6.04 Å². The van der Waals surface area contributed by atoms with E-state index in [1.807, 2.05) is 28.0 Å². The van der Waals surface area contributed by atoms with E-state index in [0.717, 1.165) is 18.4 Å². The molecule has 0 saturated carbocycles. The van der Waals surface area contributed by atoms with Gasteiger partial charge in [0.2, 0.25) is 11.8 Å². The van der Waals surface area contributed by atoms with Gasteiger partial charge in [0.15, 0.2) is 0 Å². The monoisotopic (exact) mass is 392 g/mol. The minimum Gasteiger partial charge on any atom is -0.333 e. The van der Waals surface area contributed by atoms with Gasteiger partial charge in [-0.2, -0.15) is 10.5 Å². The maximum atomic E-state index is 12.9. The van der Waals surface area contributed by atoms with Gasteiger partial charge < -0.3 is 15.5 Å². The molecule has 8 heteroatoms. The van der Waals surface area contributed by atoms with E-state index in [0.29, 0.717) is 38.2 Å². The summed E-state index contributed by atoms with van der Waals surface area (Å²) >= 11 is 0. The molecule has 3 unspecified atom stereocenters. The van der Waals surface area contributed by atoms with Crippen LogP contribution in [0, 0.1) is 22.7 Å². The van der Waals surface area contributed by atoms with Gasteiger partial charge in [-0.25, -0.2) is 0 Å². The number of nitrogens with zero attached hydrogens (tertiary/aromatic N) is 5. The second-order valence-electron chi connectivity index (χ2n) is 8.06. The molecule has 0 aromatic heterocycles. The molecule has 1 aromatic rings. The highest BCUT2D eigenvalue weighted by atomic mass is 16.2. The van der Waals surface area contributed by atoms with Crippen molar-refractivity contribution in [3.8, 4) is 12.1 Å². The lowest BCUT2D eigenvalue weighted by Crippen LogP contribution is -2.56. The number of benzene rings is 1. The Bertz CT molecular complexity index is 903. The van der Waals surface area contributed by atoms with Crippen molar-refractivity contribution in [2.45, 2.75) is 50.0 Å². The molecule has 150 valence electrons. The van der Waals surface area contributed by atoms with E-state index in [-0.39, 0.29) is 29.9 Å². The second kappa shape index (κ2) is 7.82. The van der Waals surface area contributed by atoms with Gasteiger partial charge in [-0.1, -0.05) is 12.1 Å². The predicted octanol–water partition coefficient (Wildman–Crippen LogP) is 0.185. The Morgan fingerprint density at radius 3 is 2.90 bits per heavy atom. The lowest BCUT2D eigenvalue weighted by atomic mass is 10.1. The number of hydrogen-bond acceptors (Lipinski definition) is 6. The summed E-state index contributed by atoms with van der Waals surface area (Å²) in [6.45, 7) is 2.09. The Hall–Kier alpha value is -2.94. The maximum Gasteiger partial charge on any atom is 0.241 e. The quantitative estimate of drug-likeness (QED) is 0.764. The molecule has 3 aliphatic rings. The van der Waals surface area contributed by atoms with Crippen LogP contribution in [0.4, 0.5) is 0 Å². The number of carbonyl (C=O) groups excluding carboxylic acids is 2. The zero-order chi connectivity index (χ0) is 20.5. The molecule has 8 nitrogen and oxygen atoms in total. The molecule has 1 aromatic carbocycles.